The first-order valence-electron chi connectivity index (χ1n) is 7.00. The van der Waals surface area contributed by atoms with Gasteiger partial charge in [-0.05, 0) is 30.7 Å². The van der Waals surface area contributed by atoms with Crippen molar-refractivity contribution in [2.75, 3.05) is 13.2 Å². The van der Waals surface area contributed by atoms with Crippen LogP contribution in [0, 0.1) is 12.7 Å². The van der Waals surface area contributed by atoms with Crippen molar-refractivity contribution in [1.29, 1.82) is 0 Å². The van der Waals surface area contributed by atoms with Crippen LogP contribution in [0.3, 0.4) is 0 Å². The molecule has 0 bridgehead atoms. The fourth-order valence-electron chi connectivity index (χ4n) is 2.24. The van der Waals surface area contributed by atoms with Crippen molar-refractivity contribution in [3.63, 3.8) is 0 Å². The quantitative estimate of drug-likeness (QED) is 0.802. The molecule has 0 N–H and O–H groups in total. The number of benzene rings is 2. The molecular formula is C16H15FO5S. The van der Waals surface area contributed by atoms with Gasteiger partial charge in [0.15, 0.2) is 17.6 Å². The van der Waals surface area contributed by atoms with E-state index in [0.29, 0.717) is 11.3 Å². The topological polar surface area (TPSA) is 61.8 Å². The summed E-state index contributed by atoms with van der Waals surface area (Å²) in [7, 11) is -3.89. The van der Waals surface area contributed by atoms with Gasteiger partial charge in [-0.3, -0.25) is 4.18 Å². The summed E-state index contributed by atoms with van der Waals surface area (Å²) in [6, 6.07) is 10.5. The van der Waals surface area contributed by atoms with E-state index < -0.39 is 22.0 Å². The maximum atomic E-state index is 13.2. The number of fused-ring (bicyclic) bond motifs is 1. The molecule has 122 valence electrons. The molecular weight excluding hydrogens is 323 g/mol. The van der Waals surface area contributed by atoms with Crippen molar-refractivity contribution in [2.45, 2.75) is 17.9 Å². The third-order valence-electron chi connectivity index (χ3n) is 3.40. The maximum Gasteiger partial charge on any atom is 0.297 e. The molecule has 0 radical (unpaired) electrons. The van der Waals surface area contributed by atoms with E-state index in [-0.39, 0.29) is 23.9 Å². The van der Waals surface area contributed by atoms with Gasteiger partial charge in [0, 0.05) is 6.07 Å². The van der Waals surface area contributed by atoms with E-state index in [4.69, 9.17) is 13.7 Å². The van der Waals surface area contributed by atoms with E-state index >= 15 is 0 Å². The molecule has 2 aromatic carbocycles. The summed E-state index contributed by atoms with van der Waals surface area (Å²) in [5.41, 5.74) is 0.598. The van der Waals surface area contributed by atoms with Gasteiger partial charge in [-0.2, -0.15) is 8.42 Å². The molecule has 0 spiro atoms. The molecule has 3 rings (SSSR count). The molecule has 5 nitrogen and oxygen atoms in total. The van der Waals surface area contributed by atoms with E-state index in [1.807, 2.05) is 0 Å². The van der Waals surface area contributed by atoms with Crippen molar-refractivity contribution in [2.24, 2.45) is 0 Å². The third kappa shape index (κ3) is 3.46. The van der Waals surface area contributed by atoms with Gasteiger partial charge in [0.25, 0.3) is 10.1 Å². The van der Waals surface area contributed by atoms with Crippen LogP contribution in [0.15, 0.2) is 47.4 Å². The summed E-state index contributed by atoms with van der Waals surface area (Å²) in [5, 5.41) is 0. The van der Waals surface area contributed by atoms with Gasteiger partial charge in [0.1, 0.15) is 19.0 Å². The minimum absolute atomic E-state index is 0.114. The Morgan fingerprint density at radius 2 is 2.00 bits per heavy atom. The van der Waals surface area contributed by atoms with Crippen molar-refractivity contribution in [1.82, 2.24) is 0 Å². The smallest absolute Gasteiger partial charge is 0.297 e. The van der Waals surface area contributed by atoms with E-state index in [1.54, 1.807) is 25.1 Å². The molecule has 1 aliphatic heterocycles. The fourth-order valence-corrected chi connectivity index (χ4v) is 3.40. The highest BCUT2D eigenvalue weighted by molar-refractivity contribution is 7.86. The van der Waals surface area contributed by atoms with E-state index in [0.717, 1.165) is 0 Å². The molecule has 0 unspecified atom stereocenters. The van der Waals surface area contributed by atoms with Crippen molar-refractivity contribution in [3.05, 3.63) is 53.8 Å². The predicted octanol–water partition coefficient (Wildman–Crippen LogP) is 2.68. The SMILES string of the molecule is Cc1ccccc1S(=O)(=O)OC[C@H]1COc2ccc(F)cc2O1. The van der Waals surface area contributed by atoms with Crippen molar-refractivity contribution >= 4 is 10.1 Å². The second-order valence-electron chi connectivity index (χ2n) is 5.15. The normalized spacial score (nSPS) is 17.0. The van der Waals surface area contributed by atoms with Gasteiger partial charge in [-0.15, -0.1) is 0 Å². The summed E-state index contributed by atoms with van der Waals surface area (Å²) in [5.74, 6) is 0.198. The van der Waals surface area contributed by atoms with Crippen LogP contribution in [0.1, 0.15) is 5.56 Å². The zero-order valence-electron chi connectivity index (χ0n) is 12.4. The zero-order chi connectivity index (χ0) is 16.4. The average molecular weight is 338 g/mol. The molecule has 0 saturated heterocycles. The second-order valence-corrected chi connectivity index (χ2v) is 6.73. The molecule has 23 heavy (non-hydrogen) atoms. The number of rotatable bonds is 4. The molecule has 1 atom stereocenters. The Morgan fingerprint density at radius 1 is 1.22 bits per heavy atom. The summed E-state index contributed by atoms with van der Waals surface area (Å²) in [6.07, 6.45) is -0.636. The average Bonchev–Trinajstić information content (AvgIpc) is 2.53. The maximum absolute atomic E-state index is 13.2. The van der Waals surface area contributed by atoms with Crippen LogP contribution in [0.4, 0.5) is 4.39 Å². The van der Waals surface area contributed by atoms with Crippen LogP contribution in [-0.4, -0.2) is 27.7 Å². The lowest BCUT2D eigenvalue weighted by atomic mass is 10.2. The first-order valence-corrected chi connectivity index (χ1v) is 8.40. The van der Waals surface area contributed by atoms with Gasteiger partial charge in [-0.1, -0.05) is 18.2 Å². The van der Waals surface area contributed by atoms with Crippen LogP contribution in [0.5, 0.6) is 11.5 Å². The summed E-state index contributed by atoms with van der Waals surface area (Å²) >= 11 is 0. The minimum Gasteiger partial charge on any atom is -0.486 e. The number of aryl methyl sites for hydroxylation is 1. The van der Waals surface area contributed by atoms with Gasteiger partial charge in [0.2, 0.25) is 0 Å². The van der Waals surface area contributed by atoms with E-state index in [9.17, 15) is 12.8 Å². The summed E-state index contributed by atoms with van der Waals surface area (Å²) < 4.78 is 53.6. The first kappa shape index (κ1) is 15.8. The Balaban J connectivity index is 1.69. The minimum atomic E-state index is -3.89. The van der Waals surface area contributed by atoms with Gasteiger partial charge >= 0.3 is 0 Å². The largest absolute Gasteiger partial charge is 0.486 e. The highest BCUT2D eigenvalue weighted by Gasteiger charge is 2.25. The molecule has 0 fully saturated rings. The summed E-state index contributed by atoms with van der Waals surface area (Å²) in [6.45, 7) is 1.60. The van der Waals surface area contributed by atoms with Gasteiger partial charge in [-0.25, -0.2) is 4.39 Å². The number of hydrogen-bond donors (Lipinski definition) is 0. The third-order valence-corrected chi connectivity index (χ3v) is 4.84. The molecule has 0 aliphatic carbocycles. The van der Waals surface area contributed by atoms with Crippen LogP contribution >= 0.6 is 0 Å². The Kier molecular flexibility index (Phi) is 4.23. The Morgan fingerprint density at radius 3 is 2.78 bits per heavy atom. The highest BCUT2D eigenvalue weighted by atomic mass is 32.2. The van der Waals surface area contributed by atoms with Crippen molar-refractivity contribution in [3.8, 4) is 11.5 Å². The molecule has 0 amide bonds. The number of hydrogen-bond acceptors (Lipinski definition) is 5. The Bertz CT molecular complexity index is 819. The van der Waals surface area contributed by atoms with Crippen molar-refractivity contribution < 1.29 is 26.5 Å². The standard InChI is InChI=1S/C16H15FO5S/c1-11-4-2-3-5-16(11)23(18,19)21-10-13-9-20-14-7-6-12(17)8-15(14)22-13/h2-8,13H,9-10H2,1H3/t13-/m1/s1. The van der Waals surface area contributed by atoms with Crippen LogP contribution in [-0.2, 0) is 14.3 Å². The molecule has 7 heteroatoms. The zero-order valence-corrected chi connectivity index (χ0v) is 13.2. The lowest BCUT2D eigenvalue weighted by molar-refractivity contribution is 0.0550. The lowest BCUT2D eigenvalue weighted by Gasteiger charge is -2.26. The van der Waals surface area contributed by atoms with Crippen LogP contribution in [0.2, 0.25) is 0 Å². The van der Waals surface area contributed by atoms with E-state index in [1.165, 1.54) is 24.3 Å². The molecule has 0 aromatic heterocycles. The molecule has 1 aliphatic rings. The molecule has 1 heterocycles. The Hall–Kier alpha value is -2.12. The summed E-state index contributed by atoms with van der Waals surface area (Å²) in [4.78, 5) is 0.114. The monoisotopic (exact) mass is 338 g/mol. The number of ether oxygens (including phenoxy) is 2. The van der Waals surface area contributed by atoms with Gasteiger partial charge in [0.05, 0.1) is 4.90 Å². The molecule has 2 aromatic rings. The fraction of sp³-hybridized carbons (Fsp3) is 0.250. The van der Waals surface area contributed by atoms with E-state index in [2.05, 4.69) is 0 Å². The predicted molar refractivity (Wildman–Crippen MR) is 80.6 cm³/mol. The van der Waals surface area contributed by atoms with Crippen LogP contribution < -0.4 is 9.47 Å². The van der Waals surface area contributed by atoms with Crippen LogP contribution in [0.25, 0.3) is 0 Å². The van der Waals surface area contributed by atoms with Gasteiger partial charge < -0.3 is 9.47 Å². The highest BCUT2D eigenvalue weighted by Crippen LogP contribution is 2.32. The first-order chi connectivity index (χ1) is 11.0. The second kappa shape index (κ2) is 6.17. The Labute approximate surface area is 133 Å². The lowest BCUT2D eigenvalue weighted by Crippen LogP contribution is -2.34. The number of halogens is 1. The molecule has 0 saturated carbocycles.